The molecule has 1 saturated heterocycles. The summed E-state index contributed by atoms with van der Waals surface area (Å²) in [4.78, 5) is 14.1. The normalized spacial score (nSPS) is 16.3. The summed E-state index contributed by atoms with van der Waals surface area (Å²) in [7, 11) is 0. The Labute approximate surface area is 116 Å². The van der Waals surface area contributed by atoms with Crippen LogP contribution < -0.4 is 5.32 Å². The molecule has 2 rings (SSSR count). The second-order valence-corrected chi connectivity index (χ2v) is 5.60. The van der Waals surface area contributed by atoms with Gasteiger partial charge in [-0.3, -0.25) is 9.69 Å². The van der Waals surface area contributed by atoms with Crippen molar-refractivity contribution < 1.29 is 14.3 Å². The summed E-state index contributed by atoms with van der Waals surface area (Å²) in [6.07, 6.45) is 0. The molecule has 0 atom stereocenters. The van der Waals surface area contributed by atoms with Crippen molar-refractivity contribution in [2.24, 2.45) is 0 Å². The monoisotopic (exact) mass is 284 g/mol. The number of rotatable bonds is 4. The van der Waals surface area contributed by atoms with Gasteiger partial charge in [-0.15, -0.1) is 0 Å². The number of halogens is 1. The van der Waals surface area contributed by atoms with E-state index in [4.69, 9.17) is 0 Å². The summed E-state index contributed by atoms with van der Waals surface area (Å²) in [6.45, 7) is 3.35. The van der Waals surface area contributed by atoms with Crippen LogP contribution in [0.15, 0.2) is 18.2 Å². The van der Waals surface area contributed by atoms with Gasteiger partial charge in [-0.1, -0.05) is 0 Å². The summed E-state index contributed by atoms with van der Waals surface area (Å²) in [5.74, 6) is 1.07. The number of nitrogens with zero attached hydrogens (tertiary/aromatic N) is 1. The number of phenols is 1. The lowest BCUT2D eigenvalue weighted by Crippen LogP contribution is -2.39. The molecule has 19 heavy (non-hydrogen) atoms. The van der Waals surface area contributed by atoms with E-state index in [1.807, 2.05) is 11.8 Å². The van der Waals surface area contributed by atoms with Gasteiger partial charge in [0.05, 0.1) is 5.56 Å². The molecule has 0 aromatic heterocycles. The molecule has 1 aromatic rings. The molecule has 1 aliphatic rings. The van der Waals surface area contributed by atoms with Gasteiger partial charge in [0.25, 0.3) is 5.91 Å². The van der Waals surface area contributed by atoms with E-state index in [1.54, 1.807) is 0 Å². The summed E-state index contributed by atoms with van der Waals surface area (Å²) in [6, 6.07) is 3.35. The maximum Gasteiger partial charge on any atom is 0.255 e. The number of aromatic hydroxyl groups is 1. The Kier molecular flexibility index (Phi) is 5.04. The molecule has 0 saturated carbocycles. The maximum atomic E-state index is 13.0. The Morgan fingerprint density at radius 2 is 2.16 bits per heavy atom. The van der Waals surface area contributed by atoms with Crippen LogP contribution in [-0.2, 0) is 0 Å². The highest BCUT2D eigenvalue weighted by Crippen LogP contribution is 2.17. The first kappa shape index (κ1) is 14.1. The predicted molar refractivity (Wildman–Crippen MR) is 74.2 cm³/mol. The Bertz CT molecular complexity index is 450. The Morgan fingerprint density at radius 3 is 2.89 bits per heavy atom. The zero-order chi connectivity index (χ0) is 13.7. The van der Waals surface area contributed by atoms with Crippen LogP contribution in [-0.4, -0.2) is 53.6 Å². The summed E-state index contributed by atoms with van der Waals surface area (Å²) in [5.41, 5.74) is -0.0193. The van der Waals surface area contributed by atoms with Crippen molar-refractivity contribution in [3.05, 3.63) is 29.6 Å². The predicted octanol–water partition coefficient (Wildman–Crippen LogP) is 1.31. The fraction of sp³-hybridized carbons (Fsp3) is 0.462. The van der Waals surface area contributed by atoms with E-state index in [1.165, 1.54) is 6.07 Å². The summed E-state index contributed by atoms with van der Waals surface area (Å²) < 4.78 is 13.0. The number of nitrogens with one attached hydrogen (secondary N) is 1. The third-order valence-corrected chi connectivity index (χ3v) is 3.96. The van der Waals surface area contributed by atoms with E-state index < -0.39 is 11.7 Å². The Morgan fingerprint density at radius 1 is 1.42 bits per heavy atom. The smallest absolute Gasteiger partial charge is 0.255 e. The highest BCUT2D eigenvalue weighted by atomic mass is 32.2. The Hall–Kier alpha value is -1.27. The van der Waals surface area contributed by atoms with Crippen LogP contribution in [0.25, 0.3) is 0 Å². The first-order chi connectivity index (χ1) is 9.16. The van der Waals surface area contributed by atoms with Gasteiger partial charge in [0.2, 0.25) is 0 Å². The van der Waals surface area contributed by atoms with Gasteiger partial charge >= 0.3 is 0 Å². The number of phenolic OH excluding ortho intramolecular Hbond substituents is 1. The van der Waals surface area contributed by atoms with E-state index in [0.717, 1.165) is 43.3 Å². The molecular weight excluding hydrogens is 267 g/mol. The number of benzene rings is 1. The van der Waals surface area contributed by atoms with Gasteiger partial charge in [0, 0.05) is 37.7 Å². The molecule has 1 aromatic carbocycles. The van der Waals surface area contributed by atoms with Crippen LogP contribution in [0.1, 0.15) is 10.4 Å². The SMILES string of the molecule is O=C(NCCN1CCSCC1)c1cc(F)ccc1O. The third kappa shape index (κ3) is 4.11. The van der Waals surface area contributed by atoms with Crippen molar-refractivity contribution in [3.8, 4) is 5.75 Å². The van der Waals surface area contributed by atoms with Gasteiger partial charge < -0.3 is 10.4 Å². The minimum Gasteiger partial charge on any atom is -0.507 e. The van der Waals surface area contributed by atoms with Gasteiger partial charge in [0.15, 0.2) is 0 Å². The van der Waals surface area contributed by atoms with E-state index >= 15 is 0 Å². The molecule has 1 fully saturated rings. The molecule has 1 heterocycles. The molecule has 0 unspecified atom stereocenters. The van der Waals surface area contributed by atoms with Crippen LogP contribution in [0.4, 0.5) is 4.39 Å². The molecule has 6 heteroatoms. The molecule has 1 aliphatic heterocycles. The van der Waals surface area contributed by atoms with Crippen LogP contribution in [0.2, 0.25) is 0 Å². The van der Waals surface area contributed by atoms with E-state index in [0.29, 0.717) is 6.54 Å². The molecule has 1 amide bonds. The molecule has 4 nitrogen and oxygen atoms in total. The summed E-state index contributed by atoms with van der Waals surface area (Å²) >= 11 is 1.94. The number of amides is 1. The van der Waals surface area contributed by atoms with Gasteiger partial charge in [-0.2, -0.15) is 11.8 Å². The highest BCUT2D eigenvalue weighted by molar-refractivity contribution is 7.99. The number of carbonyl (C=O) groups excluding carboxylic acids is 1. The van der Waals surface area contributed by atoms with Crippen molar-refractivity contribution in [1.82, 2.24) is 10.2 Å². The van der Waals surface area contributed by atoms with Crippen LogP contribution in [0, 0.1) is 5.82 Å². The zero-order valence-electron chi connectivity index (χ0n) is 10.6. The van der Waals surface area contributed by atoms with Crippen molar-refractivity contribution >= 4 is 17.7 Å². The van der Waals surface area contributed by atoms with Gasteiger partial charge in [0.1, 0.15) is 11.6 Å². The van der Waals surface area contributed by atoms with Crippen LogP contribution in [0.3, 0.4) is 0 Å². The quantitative estimate of drug-likeness (QED) is 0.875. The standard InChI is InChI=1S/C13H17FN2O2S/c14-10-1-2-12(17)11(9-10)13(18)15-3-4-16-5-7-19-8-6-16/h1-2,9,17H,3-8H2,(H,15,18). The van der Waals surface area contributed by atoms with E-state index in [-0.39, 0.29) is 11.3 Å². The minimum absolute atomic E-state index is 0.0193. The molecule has 0 bridgehead atoms. The fourth-order valence-corrected chi connectivity index (χ4v) is 2.92. The first-order valence-electron chi connectivity index (χ1n) is 6.23. The molecule has 104 valence electrons. The van der Waals surface area contributed by atoms with Gasteiger partial charge in [-0.25, -0.2) is 4.39 Å². The lowest BCUT2D eigenvalue weighted by molar-refractivity contribution is 0.0946. The lowest BCUT2D eigenvalue weighted by Gasteiger charge is -2.26. The van der Waals surface area contributed by atoms with Crippen LogP contribution in [0.5, 0.6) is 5.75 Å². The average Bonchev–Trinajstić information content (AvgIpc) is 2.42. The van der Waals surface area contributed by atoms with Crippen molar-refractivity contribution in [2.45, 2.75) is 0 Å². The van der Waals surface area contributed by atoms with Gasteiger partial charge in [-0.05, 0) is 18.2 Å². The second-order valence-electron chi connectivity index (χ2n) is 4.37. The third-order valence-electron chi connectivity index (χ3n) is 3.02. The van der Waals surface area contributed by atoms with Crippen molar-refractivity contribution in [2.75, 3.05) is 37.7 Å². The maximum absolute atomic E-state index is 13.0. The number of carbonyl (C=O) groups is 1. The fourth-order valence-electron chi connectivity index (χ4n) is 1.94. The van der Waals surface area contributed by atoms with Crippen molar-refractivity contribution in [3.63, 3.8) is 0 Å². The van der Waals surface area contributed by atoms with Crippen LogP contribution >= 0.6 is 11.8 Å². The second kappa shape index (κ2) is 6.77. The molecule has 0 aliphatic carbocycles. The van der Waals surface area contributed by atoms with E-state index in [2.05, 4.69) is 10.2 Å². The number of hydrogen-bond acceptors (Lipinski definition) is 4. The first-order valence-corrected chi connectivity index (χ1v) is 7.39. The minimum atomic E-state index is -0.531. The van der Waals surface area contributed by atoms with Crippen molar-refractivity contribution in [1.29, 1.82) is 0 Å². The average molecular weight is 284 g/mol. The number of hydrogen-bond donors (Lipinski definition) is 2. The summed E-state index contributed by atoms with van der Waals surface area (Å²) in [5, 5.41) is 12.2. The lowest BCUT2D eigenvalue weighted by atomic mass is 10.2. The molecule has 0 spiro atoms. The highest BCUT2D eigenvalue weighted by Gasteiger charge is 2.13. The Balaban J connectivity index is 1.82. The molecule has 2 N–H and O–H groups in total. The largest absolute Gasteiger partial charge is 0.507 e. The molecule has 0 radical (unpaired) electrons. The molecular formula is C13H17FN2O2S. The topological polar surface area (TPSA) is 52.6 Å². The van der Waals surface area contributed by atoms with E-state index in [9.17, 15) is 14.3 Å². The zero-order valence-corrected chi connectivity index (χ0v) is 11.4. The number of thioether (sulfide) groups is 1.